The number of alkyl halides is 3. The Balaban J connectivity index is 3.30. The first-order valence-corrected chi connectivity index (χ1v) is 4.08. The van der Waals surface area contributed by atoms with Gasteiger partial charge in [-0.2, -0.15) is 13.2 Å². The average Bonchev–Trinajstić information content (AvgIpc) is 2.14. The molecular weight excluding hydrogens is 230 g/mol. The number of rotatable bonds is 2. The summed E-state index contributed by atoms with van der Waals surface area (Å²) in [7, 11) is 0. The first kappa shape index (κ1) is 12.4. The molecule has 0 saturated heterocycles. The molecule has 0 unspecified atom stereocenters. The van der Waals surface area contributed by atoms with Crippen molar-refractivity contribution in [1.82, 2.24) is 0 Å². The standard InChI is InChI=1S/C9H7F4NO2/c10-4-1-2-5(8(15)16)6(3-4)7(14)9(11,12)13/h1-3,7H,14H2,(H,15,16)/t7-/m1/s1. The van der Waals surface area contributed by atoms with Crippen LogP contribution in [-0.4, -0.2) is 17.3 Å². The third-order valence-corrected chi connectivity index (χ3v) is 1.93. The number of benzene rings is 1. The number of carboxylic acid groups (broad SMARTS) is 1. The topological polar surface area (TPSA) is 63.3 Å². The summed E-state index contributed by atoms with van der Waals surface area (Å²) >= 11 is 0. The van der Waals surface area contributed by atoms with Gasteiger partial charge in [-0.15, -0.1) is 0 Å². The summed E-state index contributed by atoms with van der Waals surface area (Å²) in [5, 5.41) is 8.63. The molecule has 3 nitrogen and oxygen atoms in total. The van der Waals surface area contributed by atoms with E-state index in [-0.39, 0.29) is 0 Å². The Morgan fingerprint density at radius 3 is 2.38 bits per heavy atom. The normalized spacial score (nSPS) is 13.6. The van der Waals surface area contributed by atoms with E-state index in [9.17, 15) is 22.4 Å². The summed E-state index contributed by atoms with van der Waals surface area (Å²) in [6.45, 7) is 0. The van der Waals surface area contributed by atoms with Gasteiger partial charge in [0.1, 0.15) is 11.9 Å². The summed E-state index contributed by atoms with van der Waals surface area (Å²) in [5.41, 5.74) is 3.37. The number of halogens is 4. The van der Waals surface area contributed by atoms with Gasteiger partial charge in [-0.1, -0.05) is 0 Å². The van der Waals surface area contributed by atoms with Crippen molar-refractivity contribution < 1.29 is 27.5 Å². The molecule has 1 rings (SSSR count). The predicted octanol–water partition coefficient (Wildman–Crippen LogP) is 2.09. The minimum absolute atomic E-state index is 0.474. The predicted molar refractivity (Wildman–Crippen MR) is 46.3 cm³/mol. The fraction of sp³-hybridized carbons (Fsp3) is 0.222. The van der Waals surface area contributed by atoms with E-state index < -0.39 is 35.1 Å². The van der Waals surface area contributed by atoms with Crippen molar-refractivity contribution >= 4 is 5.97 Å². The maximum absolute atomic E-state index is 12.7. The van der Waals surface area contributed by atoms with Crippen LogP contribution in [0.5, 0.6) is 0 Å². The van der Waals surface area contributed by atoms with E-state index in [0.717, 1.165) is 12.1 Å². The van der Waals surface area contributed by atoms with E-state index >= 15 is 0 Å². The molecule has 0 aromatic heterocycles. The molecule has 0 aliphatic rings. The van der Waals surface area contributed by atoms with Crippen molar-refractivity contribution in [2.24, 2.45) is 5.73 Å². The second kappa shape index (κ2) is 4.09. The molecule has 0 spiro atoms. The fourth-order valence-electron chi connectivity index (χ4n) is 1.16. The van der Waals surface area contributed by atoms with Crippen molar-refractivity contribution in [1.29, 1.82) is 0 Å². The number of hydrogen-bond donors (Lipinski definition) is 2. The van der Waals surface area contributed by atoms with Crippen LogP contribution in [0.25, 0.3) is 0 Å². The quantitative estimate of drug-likeness (QED) is 0.774. The largest absolute Gasteiger partial charge is 0.478 e. The zero-order valence-corrected chi connectivity index (χ0v) is 7.75. The Bertz CT molecular complexity index is 416. The van der Waals surface area contributed by atoms with Gasteiger partial charge < -0.3 is 10.8 Å². The highest BCUT2D eigenvalue weighted by atomic mass is 19.4. The molecule has 1 atom stereocenters. The van der Waals surface area contributed by atoms with Crippen LogP contribution in [0.2, 0.25) is 0 Å². The highest BCUT2D eigenvalue weighted by Crippen LogP contribution is 2.32. The lowest BCUT2D eigenvalue weighted by molar-refractivity contribution is -0.149. The number of hydrogen-bond acceptors (Lipinski definition) is 2. The lowest BCUT2D eigenvalue weighted by atomic mass is 10.0. The molecule has 0 heterocycles. The fourth-order valence-corrected chi connectivity index (χ4v) is 1.16. The molecule has 0 fully saturated rings. The van der Waals surface area contributed by atoms with Crippen LogP contribution in [0.1, 0.15) is 22.0 Å². The van der Waals surface area contributed by atoms with E-state index in [1.807, 2.05) is 0 Å². The van der Waals surface area contributed by atoms with E-state index in [2.05, 4.69) is 0 Å². The van der Waals surface area contributed by atoms with Gasteiger partial charge in [0, 0.05) is 0 Å². The molecule has 1 aromatic rings. The van der Waals surface area contributed by atoms with E-state index in [4.69, 9.17) is 10.8 Å². The number of aromatic carboxylic acids is 1. The lowest BCUT2D eigenvalue weighted by Crippen LogP contribution is -2.30. The van der Waals surface area contributed by atoms with Crippen LogP contribution in [0, 0.1) is 5.82 Å². The SMILES string of the molecule is N[C@H](c1cc(F)ccc1C(=O)O)C(F)(F)F. The molecule has 88 valence electrons. The first-order valence-electron chi connectivity index (χ1n) is 4.08. The molecule has 1 aromatic carbocycles. The maximum atomic E-state index is 12.7. The van der Waals surface area contributed by atoms with Crippen molar-refractivity contribution in [3.63, 3.8) is 0 Å². The summed E-state index contributed by atoms with van der Waals surface area (Å²) in [5.74, 6) is -2.56. The monoisotopic (exact) mass is 237 g/mol. The van der Waals surface area contributed by atoms with Gasteiger partial charge in [-0.3, -0.25) is 0 Å². The molecule has 0 saturated carbocycles. The zero-order valence-electron chi connectivity index (χ0n) is 7.75. The van der Waals surface area contributed by atoms with Gasteiger partial charge in [0.2, 0.25) is 0 Å². The van der Waals surface area contributed by atoms with Crippen molar-refractivity contribution in [3.05, 3.63) is 35.1 Å². The van der Waals surface area contributed by atoms with Crippen LogP contribution in [-0.2, 0) is 0 Å². The van der Waals surface area contributed by atoms with Crippen LogP contribution in [0.4, 0.5) is 17.6 Å². The van der Waals surface area contributed by atoms with Gasteiger partial charge in [0.15, 0.2) is 0 Å². The molecule has 3 N–H and O–H groups in total. The summed E-state index contributed by atoms with van der Waals surface area (Å²) in [6, 6.07) is -0.537. The summed E-state index contributed by atoms with van der Waals surface area (Å²) in [4.78, 5) is 10.6. The van der Waals surface area contributed by atoms with E-state index in [1.165, 1.54) is 0 Å². The van der Waals surface area contributed by atoms with Gasteiger partial charge in [-0.05, 0) is 23.8 Å². The van der Waals surface area contributed by atoms with Crippen molar-refractivity contribution in [3.8, 4) is 0 Å². The lowest BCUT2D eigenvalue weighted by Gasteiger charge is -2.17. The van der Waals surface area contributed by atoms with Gasteiger partial charge >= 0.3 is 12.1 Å². The van der Waals surface area contributed by atoms with Gasteiger partial charge in [0.05, 0.1) is 5.56 Å². The Kier molecular flexibility index (Phi) is 3.18. The Morgan fingerprint density at radius 2 is 1.94 bits per heavy atom. The van der Waals surface area contributed by atoms with Crippen LogP contribution < -0.4 is 5.73 Å². The Hall–Kier alpha value is -1.63. The van der Waals surface area contributed by atoms with Gasteiger partial charge in [-0.25, -0.2) is 9.18 Å². The van der Waals surface area contributed by atoms with Crippen LogP contribution in [0.15, 0.2) is 18.2 Å². The summed E-state index contributed by atoms with van der Waals surface area (Å²) in [6.07, 6.45) is -4.82. The number of nitrogens with two attached hydrogens (primary N) is 1. The molecule has 16 heavy (non-hydrogen) atoms. The van der Waals surface area contributed by atoms with E-state index in [0.29, 0.717) is 6.07 Å². The molecule has 0 aliphatic heterocycles. The minimum Gasteiger partial charge on any atom is -0.478 e. The molecule has 7 heteroatoms. The van der Waals surface area contributed by atoms with Crippen molar-refractivity contribution in [2.75, 3.05) is 0 Å². The van der Waals surface area contributed by atoms with E-state index in [1.54, 1.807) is 0 Å². The van der Waals surface area contributed by atoms with Crippen molar-refractivity contribution in [2.45, 2.75) is 12.2 Å². The molecule has 0 radical (unpaired) electrons. The number of carbonyl (C=O) groups is 1. The molecule has 0 bridgehead atoms. The maximum Gasteiger partial charge on any atom is 0.407 e. The average molecular weight is 237 g/mol. The highest BCUT2D eigenvalue weighted by molar-refractivity contribution is 5.89. The van der Waals surface area contributed by atoms with Gasteiger partial charge in [0.25, 0.3) is 0 Å². The molecular formula is C9H7F4NO2. The Labute approximate surface area is 87.5 Å². The smallest absolute Gasteiger partial charge is 0.407 e. The minimum atomic E-state index is -4.82. The molecule has 0 aliphatic carbocycles. The Morgan fingerprint density at radius 1 is 1.38 bits per heavy atom. The van der Waals surface area contributed by atoms with Crippen LogP contribution >= 0.6 is 0 Å². The highest BCUT2D eigenvalue weighted by Gasteiger charge is 2.39. The third-order valence-electron chi connectivity index (χ3n) is 1.93. The molecule has 0 amide bonds. The zero-order chi connectivity index (χ0) is 12.5. The second-order valence-electron chi connectivity index (χ2n) is 3.06. The summed E-state index contributed by atoms with van der Waals surface area (Å²) < 4.78 is 49.6. The third kappa shape index (κ3) is 2.48. The first-order chi connectivity index (χ1) is 7.23. The van der Waals surface area contributed by atoms with Crippen LogP contribution in [0.3, 0.4) is 0 Å². The second-order valence-corrected chi connectivity index (χ2v) is 3.06. The number of carboxylic acids is 1.